The van der Waals surface area contributed by atoms with Crippen molar-refractivity contribution in [2.75, 3.05) is 0 Å². The molecule has 0 unspecified atom stereocenters. The number of carbonyl (C=O) groups is 1. The first kappa shape index (κ1) is 12.5. The van der Waals surface area contributed by atoms with E-state index < -0.39 is 11.5 Å². The number of aromatic nitrogens is 2. The van der Waals surface area contributed by atoms with Crippen LogP contribution in [-0.2, 0) is 0 Å². The van der Waals surface area contributed by atoms with Gasteiger partial charge in [0.1, 0.15) is 5.75 Å². The minimum atomic E-state index is -0.567. The van der Waals surface area contributed by atoms with Gasteiger partial charge in [-0.3, -0.25) is 9.59 Å². The molecule has 3 N–H and O–H groups in total. The quantitative estimate of drug-likeness (QED) is 0.541. The second-order valence-corrected chi connectivity index (χ2v) is 3.56. The number of hydrogen-bond donors (Lipinski definition) is 3. The number of aromatic hydroxyl groups is 1. The van der Waals surface area contributed by atoms with E-state index in [4.69, 9.17) is 0 Å². The van der Waals surface area contributed by atoms with Crippen molar-refractivity contribution < 1.29 is 9.90 Å². The van der Waals surface area contributed by atoms with Crippen molar-refractivity contribution in [2.45, 2.75) is 0 Å². The number of nitrogens with one attached hydrogen (secondary N) is 2. The summed E-state index contributed by atoms with van der Waals surface area (Å²) in [6, 6.07) is 9.02. The fourth-order valence-corrected chi connectivity index (χ4v) is 1.29. The van der Waals surface area contributed by atoms with Crippen molar-refractivity contribution in [2.24, 2.45) is 5.10 Å². The molecule has 0 fully saturated rings. The molecule has 7 nitrogen and oxygen atoms in total. The van der Waals surface area contributed by atoms with Gasteiger partial charge in [-0.1, -0.05) is 12.1 Å². The Balaban J connectivity index is 2.03. The van der Waals surface area contributed by atoms with Crippen LogP contribution in [0, 0.1) is 0 Å². The number of benzene rings is 1. The van der Waals surface area contributed by atoms with E-state index in [0.29, 0.717) is 5.56 Å². The Bertz CT molecular complexity index is 658. The molecule has 1 amide bonds. The molecule has 1 heterocycles. The zero-order valence-electron chi connectivity index (χ0n) is 9.70. The number of para-hydroxylation sites is 1. The van der Waals surface area contributed by atoms with Crippen molar-refractivity contribution >= 4 is 12.1 Å². The highest BCUT2D eigenvalue weighted by Gasteiger charge is 2.05. The lowest BCUT2D eigenvalue weighted by Crippen LogP contribution is -2.21. The van der Waals surface area contributed by atoms with Crippen molar-refractivity contribution in [1.82, 2.24) is 15.6 Å². The SMILES string of the molecule is O=C(N/N=C\c1ccccc1O)c1ccc(=O)[nH]n1. The average molecular weight is 258 g/mol. The van der Waals surface area contributed by atoms with Crippen LogP contribution in [0.3, 0.4) is 0 Å². The first-order chi connectivity index (χ1) is 9.16. The van der Waals surface area contributed by atoms with Crippen LogP contribution in [0.1, 0.15) is 16.1 Å². The molecule has 19 heavy (non-hydrogen) atoms. The van der Waals surface area contributed by atoms with Gasteiger partial charge in [0, 0.05) is 11.6 Å². The van der Waals surface area contributed by atoms with E-state index in [1.165, 1.54) is 24.4 Å². The molecule has 0 saturated heterocycles. The van der Waals surface area contributed by atoms with Gasteiger partial charge in [-0.15, -0.1) is 0 Å². The number of aromatic amines is 1. The van der Waals surface area contributed by atoms with Crippen LogP contribution in [0.4, 0.5) is 0 Å². The van der Waals surface area contributed by atoms with Crippen LogP contribution in [0.2, 0.25) is 0 Å². The van der Waals surface area contributed by atoms with Crippen LogP contribution >= 0.6 is 0 Å². The van der Waals surface area contributed by atoms with E-state index >= 15 is 0 Å². The van der Waals surface area contributed by atoms with E-state index in [9.17, 15) is 14.7 Å². The van der Waals surface area contributed by atoms with Crippen LogP contribution < -0.4 is 11.0 Å². The van der Waals surface area contributed by atoms with E-state index in [0.717, 1.165) is 0 Å². The summed E-state index contributed by atoms with van der Waals surface area (Å²) in [6.07, 6.45) is 1.30. The van der Waals surface area contributed by atoms with Crippen molar-refractivity contribution in [3.63, 3.8) is 0 Å². The van der Waals surface area contributed by atoms with Crippen molar-refractivity contribution in [3.05, 3.63) is 58.0 Å². The Morgan fingerprint density at radius 1 is 1.32 bits per heavy atom. The molecule has 0 bridgehead atoms. The summed E-state index contributed by atoms with van der Waals surface area (Å²) in [7, 11) is 0. The average Bonchev–Trinajstić information content (AvgIpc) is 2.41. The van der Waals surface area contributed by atoms with Crippen LogP contribution in [-0.4, -0.2) is 27.4 Å². The number of H-pyrrole nitrogens is 1. The number of hydrogen-bond acceptors (Lipinski definition) is 5. The molecular weight excluding hydrogens is 248 g/mol. The number of rotatable bonds is 3. The van der Waals surface area contributed by atoms with Crippen LogP contribution in [0.15, 0.2) is 46.3 Å². The first-order valence-electron chi connectivity index (χ1n) is 5.34. The van der Waals surface area contributed by atoms with Gasteiger partial charge in [0.15, 0.2) is 5.69 Å². The lowest BCUT2D eigenvalue weighted by atomic mass is 10.2. The smallest absolute Gasteiger partial charge is 0.291 e. The van der Waals surface area contributed by atoms with E-state index in [1.54, 1.807) is 18.2 Å². The molecule has 1 aromatic carbocycles. The molecule has 0 saturated carbocycles. The van der Waals surface area contributed by atoms with Gasteiger partial charge in [-0.25, -0.2) is 10.5 Å². The largest absolute Gasteiger partial charge is 0.507 e. The number of nitrogens with zero attached hydrogens (tertiary/aromatic N) is 2. The maximum absolute atomic E-state index is 11.6. The molecule has 2 aromatic rings. The standard InChI is InChI=1S/C12H10N4O3/c17-10-4-2-1-3-8(10)7-13-16-12(19)9-5-6-11(18)15-14-9/h1-7,17H,(H,15,18)(H,16,19)/b13-7-. The topological polar surface area (TPSA) is 107 Å². The zero-order valence-corrected chi connectivity index (χ0v) is 9.70. The summed E-state index contributed by atoms with van der Waals surface area (Å²) in [6.45, 7) is 0. The normalized spacial score (nSPS) is 10.5. The zero-order chi connectivity index (χ0) is 13.7. The summed E-state index contributed by atoms with van der Waals surface area (Å²) >= 11 is 0. The van der Waals surface area contributed by atoms with Gasteiger partial charge in [0.05, 0.1) is 6.21 Å². The molecule has 0 aliphatic rings. The van der Waals surface area contributed by atoms with Gasteiger partial charge in [-0.2, -0.15) is 10.2 Å². The van der Waals surface area contributed by atoms with Gasteiger partial charge in [0.25, 0.3) is 11.5 Å². The fourth-order valence-electron chi connectivity index (χ4n) is 1.29. The minimum absolute atomic E-state index is 0.0361. The Labute approximate surface area is 107 Å². The number of amides is 1. The number of phenols is 1. The van der Waals surface area contributed by atoms with E-state index in [-0.39, 0.29) is 11.4 Å². The number of hydrazone groups is 1. The predicted molar refractivity (Wildman–Crippen MR) is 68.0 cm³/mol. The third kappa shape index (κ3) is 3.25. The second-order valence-electron chi connectivity index (χ2n) is 3.56. The van der Waals surface area contributed by atoms with Gasteiger partial charge in [0.2, 0.25) is 0 Å². The number of carbonyl (C=O) groups excluding carboxylic acids is 1. The maximum Gasteiger partial charge on any atom is 0.291 e. The Morgan fingerprint density at radius 2 is 2.11 bits per heavy atom. The molecule has 0 radical (unpaired) electrons. The van der Waals surface area contributed by atoms with Gasteiger partial charge < -0.3 is 5.11 Å². The van der Waals surface area contributed by atoms with Crippen LogP contribution in [0.25, 0.3) is 0 Å². The lowest BCUT2D eigenvalue weighted by Gasteiger charge is -1.98. The summed E-state index contributed by atoms with van der Waals surface area (Å²) in [5.41, 5.74) is 2.34. The highest BCUT2D eigenvalue weighted by Crippen LogP contribution is 2.12. The summed E-state index contributed by atoms with van der Waals surface area (Å²) in [5, 5.41) is 18.8. The second kappa shape index (κ2) is 5.58. The summed E-state index contributed by atoms with van der Waals surface area (Å²) in [4.78, 5) is 22.3. The Kier molecular flexibility index (Phi) is 3.67. The van der Waals surface area contributed by atoms with Gasteiger partial charge >= 0.3 is 0 Å². The molecule has 0 atom stereocenters. The van der Waals surface area contributed by atoms with Crippen molar-refractivity contribution in [1.29, 1.82) is 0 Å². The first-order valence-corrected chi connectivity index (χ1v) is 5.34. The maximum atomic E-state index is 11.6. The highest BCUT2D eigenvalue weighted by molar-refractivity contribution is 5.93. The monoisotopic (exact) mass is 258 g/mol. The predicted octanol–water partition coefficient (Wildman–Crippen LogP) is 0.239. The molecule has 7 heteroatoms. The third-order valence-corrected chi connectivity index (χ3v) is 2.22. The summed E-state index contributed by atoms with van der Waals surface area (Å²) in [5.74, 6) is -0.509. The van der Waals surface area contributed by atoms with E-state index in [2.05, 4.69) is 20.7 Å². The summed E-state index contributed by atoms with van der Waals surface area (Å²) < 4.78 is 0. The molecule has 2 rings (SSSR count). The highest BCUT2D eigenvalue weighted by atomic mass is 16.3. The molecular formula is C12H10N4O3. The van der Waals surface area contributed by atoms with E-state index in [1.807, 2.05) is 0 Å². The minimum Gasteiger partial charge on any atom is -0.507 e. The molecule has 0 aliphatic heterocycles. The molecule has 96 valence electrons. The molecule has 1 aromatic heterocycles. The lowest BCUT2D eigenvalue weighted by molar-refractivity contribution is 0.0949. The Morgan fingerprint density at radius 3 is 2.79 bits per heavy atom. The number of phenolic OH excluding ortho intramolecular Hbond substituents is 1. The van der Waals surface area contributed by atoms with Crippen LogP contribution in [0.5, 0.6) is 5.75 Å². The molecule has 0 aliphatic carbocycles. The molecule has 0 spiro atoms. The Hall–Kier alpha value is -2.96. The fraction of sp³-hybridized carbons (Fsp3) is 0. The van der Waals surface area contributed by atoms with Gasteiger partial charge in [-0.05, 0) is 18.2 Å². The third-order valence-electron chi connectivity index (χ3n) is 2.22. The van der Waals surface area contributed by atoms with Crippen molar-refractivity contribution in [3.8, 4) is 5.75 Å².